The van der Waals surface area contributed by atoms with E-state index in [9.17, 15) is 4.39 Å². The molecule has 2 aromatic rings. The third-order valence-corrected chi connectivity index (χ3v) is 3.19. The lowest BCUT2D eigenvalue weighted by molar-refractivity contribution is 0.214. The average molecular weight is 319 g/mol. The van der Waals surface area contributed by atoms with E-state index in [0.29, 0.717) is 19.0 Å². The van der Waals surface area contributed by atoms with Crippen LogP contribution in [0.5, 0.6) is 5.75 Å². The SMILES string of the molecule is CN=C(NCCc1ccco1)NCC(C)Oc1ccccc1F. The lowest BCUT2D eigenvalue weighted by Gasteiger charge is -2.18. The van der Waals surface area contributed by atoms with Crippen molar-refractivity contribution in [3.05, 3.63) is 54.2 Å². The highest BCUT2D eigenvalue weighted by Crippen LogP contribution is 2.16. The first-order valence-electron chi connectivity index (χ1n) is 7.57. The molecule has 2 N–H and O–H groups in total. The molecule has 0 aliphatic heterocycles. The first-order chi connectivity index (χ1) is 11.2. The number of aliphatic imine (C=N–C) groups is 1. The fourth-order valence-corrected chi connectivity index (χ4v) is 2.02. The van der Waals surface area contributed by atoms with Gasteiger partial charge in [-0.2, -0.15) is 0 Å². The molecular formula is C17H22FN3O2. The van der Waals surface area contributed by atoms with Gasteiger partial charge in [-0.25, -0.2) is 4.39 Å². The second kappa shape index (κ2) is 8.82. The maximum absolute atomic E-state index is 13.5. The highest BCUT2D eigenvalue weighted by molar-refractivity contribution is 5.79. The maximum Gasteiger partial charge on any atom is 0.191 e. The summed E-state index contributed by atoms with van der Waals surface area (Å²) in [7, 11) is 1.70. The predicted molar refractivity (Wildman–Crippen MR) is 88.3 cm³/mol. The van der Waals surface area contributed by atoms with Crippen LogP contribution in [0.1, 0.15) is 12.7 Å². The van der Waals surface area contributed by atoms with Crippen LogP contribution in [0.4, 0.5) is 4.39 Å². The molecule has 0 fully saturated rings. The molecule has 1 unspecified atom stereocenters. The van der Waals surface area contributed by atoms with Crippen LogP contribution in [-0.4, -0.2) is 32.2 Å². The average Bonchev–Trinajstić information content (AvgIpc) is 3.06. The van der Waals surface area contributed by atoms with E-state index >= 15 is 0 Å². The molecule has 1 aromatic carbocycles. The molecule has 0 saturated carbocycles. The van der Waals surface area contributed by atoms with Crippen LogP contribution in [-0.2, 0) is 6.42 Å². The predicted octanol–water partition coefficient (Wildman–Crippen LogP) is 2.59. The standard InChI is InChI=1S/C17H22FN3O2/c1-13(23-16-8-4-3-7-15(16)18)12-21-17(19-2)20-10-9-14-6-5-11-22-14/h3-8,11,13H,9-10,12H2,1-2H3,(H2,19,20,21). The van der Waals surface area contributed by atoms with Gasteiger partial charge in [-0.05, 0) is 31.2 Å². The summed E-state index contributed by atoms with van der Waals surface area (Å²) in [5.74, 6) is 1.48. The number of nitrogens with one attached hydrogen (secondary N) is 2. The second-order valence-electron chi connectivity index (χ2n) is 5.07. The van der Waals surface area contributed by atoms with Crippen LogP contribution >= 0.6 is 0 Å². The van der Waals surface area contributed by atoms with Crippen molar-refractivity contribution in [3.63, 3.8) is 0 Å². The fraction of sp³-hybridized carbons (Fsp3) is 0.353. The first kappa shape index (κ1) is 16.9. The van der Waals surface area contributed by atoms with E-state index < -0.39 is 0 Å². The van der Waals surface area contributed by atoms with Crippen molar-refractivity contribution in [2.75, 3.05) is 20.1 Å². The van der Waals surface area contributed by atoms with Gasteiger partial charge in [0.15, 0.2) is 17.5 Å². The first-order valence-corrected chi connectivity index (χ1v) is 7.57. The second-order valence-corrected chi connectivity index (χ2v) is 5.07. The van der Waals surface area contributed by atoms with E-state index in [1.54, 1.807) is 31.5 Å². The van der Waals surface area contributed by atoms with Crippen molar-refractivity contribution in [3.8, 4) is 5.75 Å². The number of nitrogens with zero attached hydrogens (tertiary/aromatic N) is 1. The van der Waals surface area contributed by atoms with Gasteiger partial charge in [-0.3, -0.25) is 4.99 Å². The maximum atomic E-state index is 13.5. The zero-order valence-corrected chi connectivity index (χ0v) is 13.4. The molecule has 0 bridgehead atoms. The highest BCUT2D eigenvalue weighted by Gasteiger charge is 2.08. The van der Waals surface area contributed by atoms with Crippen molar-refractivity contribution >= 4 is 5.96 Å². The Morgan fingerprint density at radius 3 is 2.78 bits per heavy atom. The summed E-state index contributed by atoms with van der Waals surface area (Å²) in [6.45, 7) is 3.08. The minimum atomic E-state index is -0.361. The molecule has 23 heavy (non-hydrogen) atoms. The van der Waals surface area contributed by atoms with E-state index in [2.05, 4.69) is 15.6 Å². The number of ether oxygens (including phenoxy) is 1. The van der Waals surface area contributed by atoms with Gasteiger partial charge in [-0.15, -0.1) is 0 Å². The summed E-state index contributed by atoms with van der Waals surface area (Å²) in [4.78, 5) is 4.14. The van der Waals surface area contributed by atoms with Gasteiger partial charge in [0.1, 0.15) is 11.9 Å². The quantitative estimate of drug-likeness (QED) is 0.608. The van der Waals surface area contributed by atoms with Crippen molar-refractivity contribution in [2.24, 2.45) is 4.99 Å². The zero-order valence-electron chi connectivity index (χ0n) is 13.4. The van der Waals surface area contributed by atoms with Crippen LogP contribution in [0.2, 0.25) is 0 Å². The summed E-state index contributed by atoms with van der Waals surface area (Å²) in [5, 5.41) is 6.34. The van der Waals surface area contributed by atoms with Crippen LogP contribution in [0.15, 0.2) is 52.1 Å². The number of halogens is 1. The van der Waals surface area contributed by atoms with Gasteiger partial charge in [0.2, 0.25) is 0 Å². The Kier molecular flexibility index (Phi) is 6.47. The van der Waals surface area contributed by atoms with Crippen LogP contribution < -0.4 is 15.4 Å². The van der Waals surface area contributed by atoms with Crippen LogP contribution in [0, 0.1) is 5.82 Å². The Morgan fingerprint density at radius 2 is 2.09 bits per heavy atom. The zero-order chi connectivity index (χ0) is 16.5. The van der Waals surface area contributed by atoms with Gasteiger partial charge < -0.3 is 19.8 Å². The number of hydrogen-bond donors (Lipinski definition) is 2. The number of guanidine groups is 1. The van der Waals surface area contributed by atoms with Gasteiger partial charge in [-0.1, -0.05) is 12.1 Å². The summed E-state index contributed by atoms with van der Waals surface area (Å²) in [6.07, 6.45) is 2.23. The Morgan fingerprint density at radius 1 is 1.26 bits per heavy atom. The summed E-state index contributed by atoms with van der Waals surface area (Å²) in [5.41, 5.74) is 0. The van der Waals surface area contributed by atoms with Crippen molar-refractivity contribution in [2.45, 2.75) is 19.4 Å². The number of para-hydroxylation sites is 1. The number of benzene rings is 1. The molecule has 0 spiro atoms. The number of rotatable bonds is 7. The third-order valence-electron chi connectivity index (χ3n) is 3.19. The molecule has 5 nitrogen and oxygen atoms in total. The van der Waals surface area contributed by atoms with Crippen molar-refractivity contribution in [1.82, 2.24) is 10.6 Å². The van der Waals surface area contributed by atoms with Gasteiger partial charge in [0.25, 0.3) is 0 Å². The molecule has 0 radical (unpaired) electrons. The molecule has 0 aliphatic rings. The molecule has 2 rings (SSSR count). The van der Waals surface area contributed by atoms with Gasteiger partial charge in [0, 0.05) is 20.0 Å². The van der Waals surface area contributed by atoms with E-state index in [-0.39, 0.29) is 17.7 Å². The molecule has 1 heterocycles. The summed E-state index contributed by atoms with van der Waals surface area (Å²) < 4.78 is 24.4. The molecule has 124 valence electrons. The lowest BCUT2D eigenvalue weighted by atomic mass is 10.3. The molecule has 0 saturated heterocycles. The summed E-state index contributed by atoms with van der Waals surface area (Å²) in [6, 6.07) is 10.2. The molecule has 0 aliphatic carbocycles. The molecular weight excluding hydrogens is 297 g/mol. The highest BCUT2D eigenvalue weighted by atomic mass is 19.1. The Balaban J connectivity index is 1.71. The Labute approximate surface area is 135 Å². The fourth-order valence-electron chi connectivity index (χ4n) is 2.02. The number of hydrogen-bond acceptors (Lipinski definition) is 3. The minimum absolute atomic E-state index is 0.199. The van der Waals surface area contributed by atoms with Gasteiger partial charge >= 0.3 is 0 Å². The van der Waals surface area contributed by atoms with Crippen molar-refractivity contribution in [1.29, 1.82) is 0 Å². The van der Waals surface area contributed by atoms with Crippen LogP contribution in [0.3, 0.4) is 0 Å². The van der Waals surface area contributed by atoms with E-state index in [0.717, 1.165) is 12.2 Å². The van der Waals surface area contributed by atoms with Crippen molar-refractivity contribution < 1.29 is 13.5 Å². The molecule has 6 heteroatoms. The van der Waals surface area contributed by atoms with Crippen LogP contribution in [0.25, 0.3) is 0 Å². The van der Waals surface area contributed by atoms with E-state index in [4.69, 9.17) is 9.15 Å². The normalized spacial score (nSPS) is 12.7. The Hall–Kier alpha value is -2.50. The lowest BCUT2D eigenvalue weighted by Crippen LogP contribution is -2.42. The third kappa shape index (κ3) is 5.65. The minimum Gasteiger partial charge on any atom is -0.486 e. The smallest absolute Gasteiger partial charge is 0.191 e. The molecule has 0 amide bonds. The van der Waals surface area contributed by atoms with E-state index in [1.165, 1.54) is 6.07 Å². The molecule has 1 atom stereocenters. The van der Waals surface area contributed by atoms with E-state index in [1.807, 2.05) is 19.1 Å². The monoisotopic (exact) mass is 319 g/mol. The summed E-state index contributed by atoms with van der Waals surface area (Å²) >= 11 is 0. The Bertz CT molecular complexity index is 614. The number of furan rings is 1. The largest absolute Gasteiger partial charge is 0.486 e. The van der Waals surface area contributed by atoms with Gasteiger partial charge in [0.05, 0.1) is 12.8 Å². The topological polar surface area (TPSA) is 58.8 Å². The molecule has 1 aromatic heterocycles.